The van der Waals surface area contributed by atoms with E-state index in [-0.39, 0.29) is 24.0 Å². The number of benzene rings is 2. The molecule has 0 bridgehead atoms. The van der Waals surface area contributed by atoms with E-state index in [4.69, 9.17) is 9.47 Å². The fourth-order valence-electron chi connectivity index (χ4n) is 4.74. The van der Waals surface area contributed by atoms with Gasteiger partial charge in [-0.05, 0) is 54.7 Å². The van der Waals surface area contributed by atoms with Crippen LogP contribution in [0.3, 0.4) is 0 Å². The molecule has 3 aromatic rings. The Kier molecular flexibility index (Phi) is 13.6. The van der Waals surface area contributed by atoms with Gasteiger partial charge in [0.1, 0.15) is 0 Å². The summed E-state index contributed by atoms with van der Waals surface area (Å²) in [6, 6.07) is 10.2. The minimum absolute atomic E-state index is 0.00564. The third kappa shape index (κ3) is 10.6. The number of hydrogen-bond acceptors (Lipinski definition) is 6. The van der Waals surface area contributed by atoms with Crippen molar-refractivity contribution in [2.75, 3.05) is 6.61 Å². The molecule has 0 aliphatic heterocycles. The summed E-state index contributed by atoms with van der Waals surface area (Å²) in [5.41, 5.74) is 1.28. The fraction of sp³-hybridized carbons (Fsp3) is 0.471. The van der Waals surface area contributed by atoms with Crippen LogP contribution in [0.1, 0.15) is 105 Å². The molecule has 3 rings (SSSR count). The van der Waals surface area contributed by atoms with Gasteiger partial charge in [-0.25, -0.2) is 19.6 Å². The SMILES string of the molecule is CCCCCCCCCCOc1cnc(-c2ccc(C(=O)O)c(-c3ccc(C(=O)OC(CCCC)C(F)(F)F)cc3)c2)nc1. The molecule has 1 N–H and O–H groups in total. The Bertz CT molecular complexity index is 1330. The number of carboxylic acid groups (broad SMARTS) is 1. The smallest absolute Gasteiger partial charge is 0.425 e. The van der Waals surface area contributed by atoms with Gasteiger partial charge in [0.05, 0.1) is 30.1 Å². The van der Waals surface area contributed by atoms with Crippen molar-refractivity contribution in [2.45, 2.75) is 96.8 Å². The molecule has 44 heavy (non-hydrogen) atoms. The first-order valence-corrected chi connectivity index (χ1v) is 15.3. The maximum atomic E-state index is 13.3. The van der Waals surface area contributed by atoms with Crippen molar-refractivity contribution in [1.29, 1.82) is 0 Å². The van der Waals surface area contributed by atoms with Crippen LogP contribution in [0.2, 0.25) is 0 Å². The van der Waals surface area contributed by atoms with Crippen LogP contribution in [0, 0.1) is 0 Å². The molecule has 1 atom stereocenters. The zero-order valence-corrected chi connectivity index (χ0v) is 25.4. The van der Waals surface area contributed by atoms with E-state index >= 15 is 0 Å². The highest BCUT2D eigenvalue weighted by molar-refractivity contribution is 5.97. The van der Waals surface area contributed by atoms with E-state index in [1.54, 1.807) is 31.5 Å². The van der Waals surface area contributed by atoms with Gasteiger partial charge in [0.2, 0.25) is 0 Å². The Balaban J connectivity index is 1.66. The summed E-state index contributed by atoms with van der Waals surface area (Å²) in [7, 11) is 0. The molecule has 0 saturated carbocycles. The number of esters is 1. The number of rotatable bonds is 18. The third-order valence-corrected chi connectivity index (χ3v) is 7.27. The number of alkyl halides is 3. The van der Waals surface area contributed by atoms with E-state index in [1.165, 1.54) is 68.9 Å². The van der Waals surface area contributed by atoms with Crippen LogP contribution in [0.25, 0.3) is 22.5 Å². The van der Waals surface area contributed by atoms with Crippen LogP contribution in [0.4, 0.5) is 13.2 Å². The molecule has 0 spiro atoms. The van der Waals surface area contributed by atoms with E-state index in [0.29, 0.717) is 41.3 Å². The first-order chi connectivity index (χ1) is 21.1. The number of unbranched alkanes of at least 4 members (excludes halogenated alkanes) is 8. The van der Waals surface area contributed by atoms with Crippen molar-refractivity contribution in [1.82, 2.24) is 9.97 Å². The first kappa shape index (κ1) is 34.5. The molecule has 10 heteroatoms. The van der Waals surface area contributed by atoms with Crippen LogP contribution in [-0.2, 0) is 4.74 Å². The number of carbonyl (C=O) groups is 2. The second kappa shape index (κ2) is 17.4. The Hall–Kier alpha value is -3.95. The lowest BCUT2D eigenvalue weighted by atomic mass is 9.96. The highest BCUT2D eigenvalue weighted by Crippen LogP contribution is 2.31. The van der Waals surface area contributed by atoms with Crippen molar-refractivity contribution < 1.29 is 37.3 Å². The number of carbonyl (C=O) groups excluding carboxylic acids is 1. The highest BCUT2D eigenvalue weighted by atomic mass is 19.4. The van der Waals surface area contributed by atoms with Gasteiger partial charge < -0.3 is 14.6 Å². The second-order valence-corrected chi connectivity index (χ2v) is 10.8. The van der Waals surface area contributed by atoms with Crippen molar-refractivity contribution in [3.63, 3.8) is 0 Å². The molecule has 1 heterocycles. The minimum atomic E-state index is -4.67. The number of halogens is 3. The molecule has 0 saturated heterocycles. The zero-order valence-electron chi connectivity index (χ0n) is 25.4. The third-order valence-electron chi connectivity index (χ3n) is 7.27. The van der Waals surface area contributed by atoms with E-state index in [2.05, 4.69) is 16.9 Å². The molecule has 0 amide bonds. The molecule has 0 aliphatic rings. The van der Waals surface area contributed by atoms with Crippen LogP contribution >= 0.6 is 0 Å². The lowest BCUT2D eigenvalue weighted by Crippen LogP contribution is -2.33. The molecule has 0 radical (unpaired) electrons. The summed E-state index contributed by atoms with van der Waals surface area (Å²) >= 11 is 0. The lowest BCUT2D eigenvalue weighted by Gasteiger charge is -2.20. The fourth-order valence-corrected chi connectivity index (χ4v) is 4.74. The van der Waals surface area contributed by atoms with Crippen molar-refractivity contribution in [3.05, 3.63) is 66.0 Å². The van der Waals surface area contributed by atoms with Gasteiger partial charge in [0, 0.05) is 5.56 Å². The van der Waals surface area contributed by atoms with Crippen LogP contribution in [-0.4, -0.2) is 45.9 Å². The Morgan fingerprint density at radius 2 is 1.41 bits per heavy atom. The maximum Gasteiger partial charge on any atom is 0.425 e. The monoisotopic (exact) mass is 614 g/mol. The molecule has 0 aliphatic carbocycles. The Morgan fingerprint density at radius 1 is 0.818 bits per heavy atom. The number of ether oxygens (including phenoxy) is 2. The van der Waals surface area contributed by atoms with Gasteiger partial charge in [-0.1, -0.05) is 83.4 Å². The van der Waals surface area contributed by atoms with Crippen LogP contribution in [0.5, 0.6) is 5.75 Å². The molecule has 0 fully saturated rings. The number of aromatic carboxylic acids is 1. The number of hydrogen-bond donors (Lipinski definition) is 1. The summed E-state index contributed by atoms with van der Waals surface area (Å²) in [6.45, 7) is 4.54. The minimum Gasteiger partial charge on any atom is -0.490 e. The lowest BCUT2D eigenvalue weighted by molar-refractivity contribution is -0.206. The van der Waals surface area contributed by atoms with Gasteiger partial charge in [-0.2, -0.15) is 13.2 Å². The van der Waals surface area contributed by atoms with Crippen molar-refractivity contribution >= 4 is 11.9 Å². The normalized spacial score (nSPS) is 12.1. The average Bonchev–Trinajstić information content (AvgIpc) is 3.01. The number of nitrogens with zero attached hydrogens (tertiary/aromatic N) is 2. The van der Waals surface area contributed by atoms with Gasteiger partial charge in [-0.15, -0.1) is 0 Å². The van der Waals surface area contributed by atoms with Crippen molar-refractivity contribution in [2.24, 2.45) is 0 Å². The summed E-state index contributed by atoms with van der Waals surface area (Å²) in [5, 5.41) is 9.77. The van der Waals surface area contributed by atoms with Gasteiger partial charge in [0.15, 0.2) is 17.7 Å². The van der Waals surface area contributed by atoms with E-state index < -0.39 is 24.2 Å². The molecule has 2 aromatic carbocycles. The molecule has 1 aromatic heterocycles. The molecular weight excluding hydrogens is 573 g/mol. The molecular formula is C34H41F3N2O5. The summed E-state index contributed by atoms with van der Waals surface area (Å²) in [4.78, 5) is 33.2. The zero-order chi connectivity index (χ0) is 32.0. The summed E-state index contributed by atoms with van der Waals surface area (Å²) < 4.78 is 50.5. The van der Waals surface area contributed by atoms with Gasteiger partial charge in [-0.3, -0.25) is 0 Å². The number of carboxylic acids is 1. The standard InChI is InChI=1S/C34H41F3N2O5/c1-3-5-7-8-9-10-11-12-20-43-27-22-38-31(39-23-27)26-18-19-28(32(40)41)29(21-26)24-14-16-25(17-15-24)33(42)44-30(13-6-4-2)34(35,36)37/h14-19,21-23,30H,3-13,20H2,1-2H3,(H,40,41). The maximum absolute atomic E-state index is 13.3. The summed E-state index contributed by atoms with van der Waals surface area (Å²) in [5.74, 6) is -1.35. The average molecular weight is 615 g/mol. The number of aromatic nitrogens is 2. The highest BCUT2D eigenvalue weighted by Gasteiger charge is 2.42. The van der Waals surface area contributed by atoms with Gasteiger partial charge in [0.25, 0.3) is 0 Å². The molecule has 238 valence electrons. The van der Waals surface area contributed by atoms with E-state index in [1.807, 2.05) is 0 Å². The van der Waals surface area contributed by atoms with Gasteiger partial charge >= 0.3 is 18.1 Å². The van der Waals surface area contributed by atoms with Crippen LogP contribution in [0.15, 0.2) is 54.9 Å². The second-order valence-electron chi connectivity index (χ2n) is 10.8. The molecule has 1 unspecified atom stereocenters. The quantitative estimate of drug-likeness (QED) is 0.113. The van der Waals surface area contributed by atoms with Crippen molar-refractivity contribution in [3.8, 4) is 28.3 Å². The topological polar surface area (TPSA) is 98.6 Å². The summed E-state index contributed by atoms with van der Waals surface area (Å²) in [6.07, 6.45) is 6.42. The van der Waals surface area contributed by atoms with E-state index in [0.717, 1.165) is 12.8 Å². The Labute approximate surface area is 256 Å². The largest absolute Gasteiger partial charge is 0.490 e. The Morgan fingerprint density at radius 3 is 2.00 bits per heavy atom. The van der Waals surface area contributed by atoms with Crippen LogP contribution < -0.4 is 4.74 Å². The first-order valence-electron chi connectivity index (χ1n) is 15.3. The molecule has 7 nitrogen and oxygen atoms in total. The predicted molar refractivity (Wildman–Crippen MR) is 163 cm³/mol. The van der Waals surface area contributed by atoms with E-state index in [9.17, 15) is 27.9 Å². The predicted octanol–water partition coefficient (Wildman–Crippen LogP) is 9.31.